The van der Waals surface area contributed by atoms with E-state index in [1.54, 1.807) is 28.4 Å². The molecule has 20 nitrogen and oxygen atoms in total. The second kappa shape index (κ2) is 50.2. The molecule has 136 heavy (non-hydrogen) atoms. The normalized spacial score (nSPS) is 13.5. The predicted octanol–water partition coefficient (Wildman–Crippen LogP) is 22.2. The highest BCUT2D eigenvalue weighted by atomic mass is 16.6. The molecule has 0 heterocycles. The molecule has 0 aromatic heterocycles. The summed E-state index contributed by atoms with van der Waals surface area (Å²) in [6.07, 6.45) is 2.07. The molecule has 0 spiro atoms. The van der Waals surface area contributed by atoms with Gasteiger partial charge in [0.05, 0.1) is 132 Å². The first kappa shape index (κ1) is 111. The van der Waals surface area contributed by atoms with E-state index in [4.69, 9.17) is 75.8 Å². The topological polar surface area (TPSA) is 229 Å². The molecule has 0 atom stereocenters. The van der Waals surface area contributed by atoms with Crippen LogP contribution in [0.2, 0.25) is 0 Å². The van der Waals surface area contributed by atoms with Crippen LogP contribution in [0.15, 0.2) is 97.1 Å². The van der Waals surface area contributed by atoms with Crippen LogP contribution in [0.1, 0.15) is 300 Å². The molecule has 0 aliphatic heterocycles. The number of hydrogen-bond acceptors (Lipinski definition) is 20. The fraction of sp³-hybridized carbons (Fsp3) is 0.586. The molecule has 0 fully saturated rings. The number of fused-ring (bicyclic) bond motifs is 16. The van der Waals surface area contributed by atoms with E-state index in [9.17, 15) is 20.4 Å². The zero-order valence-corrected chi connectivity index (χ0v) is 88.2. The summed E-state index contributed by atoms with van der Waals surface area (Å²) >= 11 is 0. The van der Waals surface area contributed by atoms with Crippen LogP contribution >= 0.6 is 0 Å². The van der Waals surface area contributed by atoms with E-state index in [1.165, 1.54) is 0 Å². The van der Waals surface area contributed by atoms with Crippen molar-refractivity contribution in [2.45, 2.75) is 261 Å². The molecule has 4 N–H and O–H groups in total. The van der Waals surface area contributed by atoms with Gasteiger partial charge in [-0.15, -0.1) is 0 Å². The third kappa shape index (κ3) is 32.9. The van der Waals surface area contributed by atoms with Crippen molar-refractivity contribution in [2.75, 3.05) is 187 Å². The molecule has 0 unspecified atom stereocenters. The van der Waals surface area contributed by atoms with Crippen molar-refractivity contribution in [3.8, 4) is 46.0 Å². The van der Waals surface area contributed by atoms with E-state index in [0.29, 0.717) is 173 Å². The van der Waals surface area contributed by atoms with Gasteiger partial charge in [-0.05, 0) is 177 Å². The number of ether oxygens (including phenoxy) is 16. The Morgan fingerprint density at radius 1 is 0.162 bits per heavy atom. The molecule has 20 heteroatoms. The van der Waals surface area contributed by atoms with E-state index in [2.05, 4.69) is 263 Å². The van der Waals surface area contributed by atoms with Gasteiger partial charge in [0.2, 0.25) is 0 Å². The van der Waals surface area contributed by atoms with Crippen molar-refractivity contribution in [2.24, 2.45) is 0 Å². The molecule has 1 aliphatic rings. The van der Waals surface area contributed by atoms with E-state index in [1.807, 2.05) is 0 Å². The lowest BCUT2D eigenvalue weighted by atomic mass is 9.79. The van der Waals surface area contributed by atoms with Crippen molar-refractivity contribution in [3.05, 3.63) is 231 Å². The Labute approximate surface area is 816 Å². The third-order valence-electron chi connectivity index (χ3n) is 25.1. The van der Waals surface area contributed by atoms with Gasteiger partial charge in [-0.25, -0.2) is 0 Å². The maximum Gasteiger partial charge on any atom is 0.126 e. The lowest BCUT2D eigenvalue weighted by Crippen LogP contribution is -2.18. The van der Waals surface area contributed by atoms with Crippen molar-refractivity contribution in [3.63, 3.8) is 0 Å². The lowest BCUT2D eigenvalue weighted by Gasteiger charge is -2.28. The molecule has 8 aromatic rings. The molecular weight excluding hydrogens is 1710 g/mol. The van der Waals surface area contributed by atoms with Crippen molar-refractivity contribution >= 4 is 0 Å². The van der Waals surface area contributed by atoms with E-state index < -0.39 is 43.3 Å². The van der Waals surface area contributed by atoms with Crippen LogP contribution in [0.5, 0.6) is 46.0 Å². The number of benzene rings is 8. The van der Waals surface area contributed by atoms with Crippen molar-refractivity contribution < 1.29 is 96.2 Å². The standard InChI is InChI=1S/C116H168O20/c1-109(2,3)93-61-77-53-85-69-97(113(13,14)15)71-87(105(85)133-49-45-129-41-37-125-33-29-121-25)55-79-63-94(110(4,5)6)65-81(102(79)118)57-89-73-99(115(19,20)21)75-91(107(89)135-51-47-131-43-39-127-35-31-123-27)59-83-67-96(112(10,11)12)68-84(104(83)120)60-92-76-100(116(22,23)24)74-90(108(92)136-52-48-132-44-40-128-36-32-124-28)58-82-66-95(111(7,8)9)64-80(103(82)119)56-88-72-98(114(16,17)18)70-86(54-78(62-93)101(77)117)106(88)134-50-46-130-42-38-126-34-30-122-26/h61-76,117-120H,29-60H2,1-28H3. The SMILES string of the molecule is COCCOCCOCCOc1c2cc(C(C)(C)C)cc1Cc1cc(C(C)(C)C)cc(c1O)Cc1cc(C(C)(C)C)cc(c1OCCOCCOCCOC)Cc1cc(C(C)(C)C)cc(c1O)Cc1cc(C(C)(C)C)cc(c1OCCOCCOCCOC)Cc1cc(C(C)(C)C)cc(c1O)Cc1cc(C(C)(C)C)cc(c1OCCOCCOCCOC)Cc1cc(C(C)(C)C)cc(c1O)C2. The Balaban J connectivity index is 1.40. The van der Waals surface area contributed by atoms with Crippen LogP contribution in [0.4, 0.5) is 0 Å². The van der Waals surface area contributed by atoms with Crippen LogP contribution in [0.25, 0.3) is 0 Å². The minimum absolute atomic E-state index is 0.144. The van der Waals surface area contributed by atoms with Gasteiger partial charge in [0.15, 0.2) is 0 Å². The Kier molecular flexibility index (Phi) is 41.1. The second-order valence-electron chi connectivity index (χ2n) is 44.7. The van der Waals surface area contributed by atoms with Gasteiger partial charge in [-0.3, -0.25) is 0 Å². The highest BCUT2D eigenvalue weighted by Gasteiger charge is 2.34. The summed E-state index contributed by atoms with van der Waals surface area (Å²) in [5.41, 5.74) is 17.6. The summed E-state index contributed by atoms with van der Waals surface area (Å²) in [6, 6.07) is 35.2. The number of phenols is 4. The zero-order chi connectivity index (χ0) is 99.7. The van der Waals surface area contributed by atoms with Crippen LogP contribution < -0.4 is 18.9 Å². The predicted molar refractivity (Wildman–Crippen MR) is 546 cm³/mol. The summed E-state index contributed by atoms with van der Waals surface area (Å²) in [4.78, 5) is 0. The first-order valence-corrected chi connectivity index (χ1v) is 49.2. The molecule has 9 rings (SSSR count). The lowest BCUT2D eigenvalue weighted by molar-refractivity contribution is 0.0178. The Hall–Kier alpha value is -8.32. The molecule has 16 bridgehead atoms. The van der Waals surface area contributed by atoms with Gasteiger partial charge >= 0.3 is 0 Å². The van der Waals surface area contributed by atoms with Gasteiger partial charge in [-0.2, -0.15) is 0 Å². The monoisotopic (exact) mass is 1880 g/mol. The van der Waals surface area contributed by atoms with Crippen LogP contribution in [-0.2, 0) is 152 Å². The number of aromatic hydroxyl groups is 4. The molecule has 0 amide bonds. The van der Waals surface area contributed by atoms with Crippen LogP contribution in [0.3, 0.4) is 0 Å². The molecule has 0 saturated heterocycles. The largest absolute Gasteiger partial charge is 0.507 e. The number of methoxy groups -OCH3 is 4. The van der Waals surface area contributed by atoms with Crippen molar-refractivity contribution in [1.82, 2.24) is 0 Å². The smallest absolute Gasteiger partial charge is 0.126 e. The van der Waals surface area contributed by atoms with Gasteiger partial charge in [-0.1, -0.05) is 263 Å². The first-order chi connectivity index (χ1) is 64.0. The second-order valence-corrected chi connectivity index (χ2v) is 44.7. The Morgan fingerprint density at radius 2 is 0.265 bits per heavy atom. The molecule has 752 valence electrons. The molecule has 1 aliphatic carbocycles. The fourth-order valence-corrected chi connectivity index (χ4v) is 16.7. The Morgan fingerprint density at radius 3 is 0.375 bits per heavy atom. The quantitative estimate of drug-likeness (QED) is 0.0262. The maximum atomic E-state index is 13.7. The van der Waals surface area contributed by atoms with Crippen LogP contribution in [0, 0.1) is 0 Å². The van der Waals surface area contributed by atoms with E-state index in [-0.39, 0.29) is 127 Å². The molecular formula is C116H168O20. The fourth-order valence-electron chi connectivity index (χ4n) is 16.7. The summed E-state index contributed by atoms with van der Waals surface area (Å²) < 4.78 is 98.5. The Bertz CT molecular complexity index is 4310. The molecule has 0 radical (unpaired) electrons. The highest BCUT2D eigenvalue weighted by molar-refractivity contribution is 5.63. The third-order valence-corrected chi connectivity index (χ3v) is 25.1. The number of rotatable bonds is 40. The van der Waals surface area contributed by atoms with E-state index in [0.717, 1.165) is 89.0 Å². The molecule has 0 saturated carbocycles. The molecule has 8 aromatic carbocycles. The van der Waals surface area contributed by atoms with Crippen molar-refractivity contribution in [1.29, 1.82) is 0 Å². The number of phenolic OH excluding ortho intramolecular Hbond substituents is 4. The van der Waals surface area contributed by atoms with E-state index >= 15 is 0 Å². The van der Waals surface area contributed by atoms with Crippen LogP contribution in [-0.4, -0.2) is 207 Å². The summed E-state index contributed by atoms with van der Waals surface area (Å²) in [5, 5.41) is 54.9. The minimum atomic E-state index is -0.407. The van der Waals surface area contributed by atoms with Gasteiger partial charge in [0.25, 0.3) is 0 Å². The average molecular weight is 1880 g/mol. The highest BCUT2D eigenvalue weighted by Crippen LogP contribution is 2.48. The summed E-state index contributed by atoms with van der Waals surface area (Å²) in [5.74, 6) is 3.09. The summed E-state index contributed by atoms with van der Waals surface area (Å²) in [6.45, 7) is 61.5. The van der Waals surface area contributed by atoms with Gasteiger partial charge < -0.3 is 96.2 Å². The van der Waals surface area contributed by atoms with Gasteiger partial charge in [0.1, 0.15) is 72.4 Å². The number of hydrogen-bond donors (Lipinski definition) is 4. The zero-order valence-electron chi connectivity index (χ0n) is 88.2. The average Bonchev–Trinajstić information content (AvgIpc) is 0.773. The minimum Gasteiger partial charge on any atom is -0.507 e. The first-order valence-electron chi connectivity index (χ1n) is 49.2. The maximum absolute atomic E-state index is 13.7. The van der Waals surface area contributed by atoms with Gasteiger partial charge in [0, 0.05) is 79.8 Å². The summed E-state index contributed by atoms with van der Waals surface area (Å²) in [7, 11) is 6.62.